The molecule has 3 heterocycles. The summed E-state index contributed by atoms with van der Waals surface area (Å²) < 4.78 is 11.3. The van der Waals surface area contributed by atoms with Crippen LogP contribution in [-0.4, -0.2) is 43.6 Å². The molecule has 5 heteroatoms. The van der Waals surface area contributed by atoms with Crippen LogP contribution in [0.25, 0.3) is 0 Å². The number of hydrogen-bond acceptors (Lipinski definition) is 5. The van der Waals surface area contributed by atoms with Crippen molar-refractivity contribution in [2.75, 3.05) is 31.4 Å². The molecule has 0 radical (unpaired) electrons. The van der Waals surface area contributed by atoms with Crippen LogP contribution in [0.5, 0.6) is 5.75 Å². The number of pyridine rings is 1. The van der Waals surface area contributed by atoms with Crippen molar-refractivity contribution in [1.82, 2.24) is 4.98 Å². The Balaban J connectivity index is 1.97. The van der Waals surface area contributed by atoms with E-state index in [1.165, 1.54) is 0 Å². The Morgan fingerprint density at radius 3 is 3.24 bits per heavy atom. The van der Waals surface area contributed by atoms with E-state index in [1.54, 1.807) is 18.9 Å². The van der Waals surface area contributed by atoms with Crippen molar-refractivity contribution in [1.29, 1.82) is 0 Å². The highest BCUT2D eigenvalue weighted by Gasteiger charge is 2.38. The van der Waals surface area contributed by atoms with Crippen molar-refractivity contribution >= 4 is 17.6 Å². The number of thioether (sulfide) groups is 1. The largest absolute Gasteiger partial charge is 0.486 e. The van der Waals surface area contributed by atoms with E-state index in [1.807, 2.05) is 12.3 Å². The number of rotatable bonds is 2. The van der Waals surface area contributed by atoms with Crippen LogP contribution in [0.1, 0.15) is 6.42 Å². The summed E-state index contributed by atoms with van der Waals surface area (Å²) in [6, 6.07) is 2.42. The van der Waals surface area contributed by atoms with Crippen molar-refractivity contribution in [3.05, 3.63) is 12.3 Å². The molecule has 1 aromatic heterocycles. The van der Waals surface area contributed by atoms with Gasteiger partial charge in [0.15, 0.2) is 11.6 Å². The van der Waals surface area contributed by atoms with Crippen molar-refractivity contribution < 1.29 is 9.47 Å². The molecule has 92 valence electrons. The molecular formula is C12H16N2O2S. The number of hydrogen-bond donors (Lipinski definition) is 0. The first kappa shape index (κ1) is 11.2. The predicted molar refractivity (Wildman–Crippen MR) is 68.1 cm³/mol. The maximum absolute atomic E-state index is 5.87. The van der Waals surface area contributed by atoms with E-state index in [2.05, 4.69) is 16.1 Å². The minimum atomic E-state index is 0.300. The molecule has 1 fully saturated rings. The SMILES string of the molecule is CO[C@@H]1C[C@@H]2COc3c(SC)ccnc3N2C1. The smallest absolute Gasteiger partial charge is 0.175 e. The third kappa shape index (κ3) is 1.77. The van der Waals surface area contributed by atoms with Crippen LogP contribution in [0.4, 0.5) is 5.82 Å². The fraction of sp³-hybridized carbons (Fsp3) is 0.583. The summed E-state index contributed by atoms with van der Waals surface area (Å²) in [4.78, 5) is 7.96. The van der Waals surface area contributed by atoms with Crippen LogP contribution in [-0.2, 0) is 4.74 Å². The van der Waals surface area contributed by atoms with Crippen LogP contribution in [0, 0.1) is 0 Å². The number of methoxy groups -OCH3 is 1. The summed E-state index contributed by atoms with van der Waals surface area (Å²) >= 11 is 1.70. The molecular weight excluding hydrogens is 236 g/mol. The molecule has 0 amide bonds. The fourth-order valence-corrected chi connectivity index (χ4v) is 3.10. The molecule has 1 saturated heterocycles. The minimum absolute atomic E-state index is 0.300. The molecule has 2 atom stereocenters. The summed E-state index contributed by atoms with van der Waals surface area (Å²) in [5.74, 6) is 1.92. The standard InChI is InChI=1S/C12H16N2O2S/c1-15-9-5-8-7-16-11-10(17-2)3-4-13-12(11)14(8)6-9/h3-4,8-9H,5-7H2,1-2H3/t8-,9-/m1/s1. The fourth-order valence-electron chi connectivity index (χ4n) is 2.56. The highest BCUT2D eigenvalue weighted by molar-refractivity contribution is 7.98. The van der Waals surface area contributed by atoms with Gasteiger partial charge in [0.1, 0.15) is 6.61 Å². The van der Waals surface area contributed by atoms with Gasteiger partial charge in [0.25, 0.3) is 0 Å². The average molecular weight is 252 g/mol. The van der Waals surface area contributed by atoms with E-state index in [0.29, 0.717) is 12.1 Å². The molecule has 3 rings (SSSR count). The Morgan fingerprint density at radius 2 is 2.47 bits per heavy atom. The first-order valence-corrected chi connectivity index (χ1v) is 7.01. The monoisotopic (exact) mass is 252 g/mol. The van der Waals surface area contributed by atoms with Gasteiger partial charge < -0.3 is 14.4 Å². The second-order valence-electron chi connectivity index (χ2n) is 4.38. The van der Waals surface area contributed by atoms with Gasteiger partial charge >= 0.3 is 0 Å². The van der Waals surface area contributed by atoms with Crippen LogP contribution in [0.3, 0.4) is 0 Å². The molecule has 0 N–H and O–H groups in total. The number of aromatic nitrogens is 1. The lowest BCUT2D eigenvalue weighted by atomic mass is 10.2. The summed E-state index contributed by atoms with van der Waals surface area (Å²) in [5.41, 5.74) is 0. The average Bonchev–Trinajstić information content (AvgIpc) is 2.81. The van der Waals surface area contributed by atoms with Gasteiger partial charge in [0, 0.05) is 19.9 Å². The Bertz CT molecular complexity index is 427. The highest BCUT2D eigenvalue weighted by atomic mass is 32.2. The van der Waals surface area contributed by atoms with Gasteiger partial charge in [-0.05, 0) is 18.7 Å². The summed E-state index contributed by atoms with van der Waals surface area (Å²) in [6.07, 6.45) is 5.25. The van der Waals surface area contributed by atoms with Gasteiger partial charge in [0.2, 0.25) is 0 Å². The first-order chi connectivity index (χ1) is 8.33. The van der Waals surface area contributed by atoms with E-state index in [0.717, 1.165) is 36.0 Å². The van der Waals surface area contributed by atoms with Crippen LogP contribution in [0.15, 0.2) is 17.2 Å². The second-order valence-corrected chi connectivity index (χ2v) is 5.22. The highest BCUT2D eigenvalue weighted by Crippen LogP contribution is 2.41. The Labute approximate surface area is 105 Å². The quantitative estimate of drug-likeness (QED) is 0.750. The minimum Gasteiger partial charge on any atom is -0.486 e. The van der Waals surface area contributed by atoms with Crippen LogP contribution >= 0.6 is 11.8 Å². The molecule has 0 bridgehead atoms. The van der Waals surface area contributed by atoms with E-state index in [-0.39, 0.29) is 0 Å². The second kappa shape index (κ2) is 4.38. The topological polar surface area (TPSA) is 34.6 Å². The molecule has 0 saturated carbocycles. The maximum atomic E-state index is 5.87. The Hall–Kier alpha value is -0.940. The normalized spacial score (nSPS) is 26.4. The zero-order chi connectivity index (χ0) is 11.8. The Kier molecular flexibility index (Phi) is 2.88. The molecule has 0 spiro atoms. The van der Waals surface area contributed by atoms with Gasteiger partial charge in [-0.25, -0.2) is 4.98 Å². The third-order valence-corrected chi connectivity index (χ3v) is 4.23. The lowest BCUT2D eigenvalue weighted by Gasteiger charge is -2.32. The van der Waals surface area contributed by atoms with E-state index in [9.17, 15) is 0 Å². The van der Waals surface area contributed by atoms with Crippen LogP contribution in [0.2, 0.25) is 0 Å². The number of ether oxygens (including phenoxy) is 2. The summed E-state index contributed by atoms with van der Waals surface area (Å²) in [6.45, 7) is 1.66. The molecule has 0 aromatic carbocycles. The van der Waals surface area contributed by atoms with Gasteiger partial charge in [-0.2, -0.15) is 0 Å². The predicted octanol–water partition coefficient (Wildman–Crippen LogP) is 1.79. The lowest BCUT2D eigenvalue weighted by molar-refractivity contribution is 0.116. The number of nitrogens with zero attached hydrogens (tertiary/aromatic N) is 2. The van der Waals surface area contributed by atoms with Crippen molar-refractivity contribution in [3.8, 4) is 5.75 Å². The van der Waals surface area contributed by atoms with Gasteiger partial charge in [-0.15, -0.1) is 11.8 Å². The third-order valence-electron chi connectivity index (χ3n) is 3.47. The van der Waals surface area contributed by atoms with Crippen molar-refractivity contribution in [3.63, 3.8) is 0 Å². The van der Waals surface area contributed by atoms with Gasteiger partial charge in [-0.3, -0.25) is 0 Å². The lowest BCUT2D eigenvalue weighted by Crippen LogP contribution is -2.39. The zero-order valence-electron chi connectivity index (χ0n) is 10.0. The summed E-state index contributed by atoms with van der Waals surface area (Å²) in [7, 11) is 1.77. The van der Waals surface area contributed by atoms with Gasteiger partial charge in [-0.1, -0.05) is 0 Å². The molecule has 1 aromatic rings. The van der Waals surface area contributed by atoms with Gasteiger partial charge in [0.05, 0.1) is 17.0 Å². The zero-order valence-corrected chi connectivity index (χ0v) is 10.9. The molecule has 2 aliphatic rings. The molecule has 2 aliphatic heterocycles. The van der Waals surface area contributed by atoms with Crippen molar-refractivity contribution in [2.24, 2.45) is 0 Å². The van der Waals surface area contributed by atoms with Crippen molar-refractivity contribution in [2.45, 2.75) is 23.5 Å². The van der Waals surface area contributed by atoms with Crippen LogP contribution < -0.4 is 9.64 Å². The molecule has 0 aliphatic carbocycles. The molecule has 0 unspecified atom stereocenters. The van der Waals surface area contributed by atoms with E-state index in [4.69, 9.17) is 9.47 Å². The maximum Gasteiger partial charge on any atom is 0.175 e. The molecule has 17 heavy (non-hydrogen) atoms. The first-order valence-electron chi connectivity index (χ1n) is 5.78. The Morgan fingerprint density at radius 1 is 1.59 bits per heavy atom. The molecule has 4 nitrogen and oxygen atoms in total. The number of anilines is 1. The van der Waals surface area contributed by atoms with E-state index < -0.39 is 0 Å². The van der Waals surface area contributed by atoms with E-state index >= 15 is 0 Å². The summed E-state index contributed by atoms with van der Waals surface area (Å²) in [5, 5.41) is 0. The number of fused-ring (bicyclic) bond motifs is 3.